The fourth-order valence-corrected chi connectivity index (χ4v) is 3.37. The summed E-state index contributed by atoms with van der Waals surface area (Å²) in [5.74, 6) is 0.389. The third-order valence-electron chi connectivity index (χ3n) is 3.91. The van der Waals surface area contributed by atoms with Crippen LogP contribution in [0.25, 0.3) is 10.2 Å². The predicted octanol–water partition coefficient (Wildman–Crippen LogP) is 3.89. The number of thiazole rings is 1. The first-order chi connectivity index (χ1) is 9.82. The minimum absolute atomic E-state index is 0.0264. The molecule has 1 aromatic heterocycles. The molecule has 2 aromatic rings. The molecule has 3 nitrogen and oxygen atoms in total. The molecule has 114 valence electrons. The molecule has 1 atom stereocenters. The van der Waals surface area contributed by atoms with Gasteiger partial charge in [0.05, 0.1) is 27.9 Å². The highest BCUT2D eigenvalue weighted by molar-refractivity contribution is 7.22. The molecule has 1 heterocycles. The van der Waals surface area contributed by atoms with Crippen LogP contribution in [0.1, 0.15) is 25.3 Å². The zero-order chi connectivity index (χ0) is 15.3. The Hall–Kier alpha value is -1.34. The van der Waals surface area contributed by atoms with Crippen LogP contribution in [0, 0.1) is 5.92 Å². The van der Waals surface area contributed by atoms with Crippen molar-refractivity contribution in [3.63, 3.8) is 0 Å². The molecule has 0 saturated heterocycles. The molecule has 1 fully saturated rings. The van der Waals surface area contributed by atoms with Crippen molar-refractivity contribution in [1.82, 2.24) is 4.98 Å². The Labute approximate surface area is 123 Å². The van der Waals surface area contributed by atoms with E-state index in [1.54, 1.807) is 0 Å². The number of halogens is 3. The SMILES string of the molecule is CC(CO)(Nc1nc2cc(C(F)(F)F)ccc2s1)C1CC1. The monoisotopic (exact) mass is 316 g/mol. The number of alkyl halides is 3. The number of aliphatic hydroxyl groups is 1. The second-order valence-electron chi connectivity index (χ2n) is 5.67. The van der Waals surface area contributed by atoms with Crippen molar-refractivity contribution >= 4 is 26.7 Å². The molecular formula is C14H15F3N2OS. The lowest BCUT2D eigenvalue weighted by molar-refractivity contribution is -0.137. The molecular weight excluding hydrogens is 301 g/mol. The number of nitrogens with one attached hydrogen (secondary N) is 1. The van der Waals surface area contributed by atoms with Gasteiger partial charge in [-0.05, 0) is 43.9 Å². The van der Waals surface area contributed by atoms with Crippen LogP contribution in [0.2, 0.25) is 0 Å². The summed E-state index contributed by atoms with van der Waals surface area (Å²) in [6, 6.07) is 3.56. The van der Waals surface area contributed by atoms with Gasteiger partial charge in [0.25, 0.3) is 0 Å². The highest BCUT2D eigenvalue weighted by atomic mass is 32.1. The van der Waals surface area contributed by atoms with E-state index in [2.05, 4.69) is 10.3 Å². The largest absolute Gasteiger partial charge is 0.416 e. The van der Waals surface area contributed by atoms with E-state index in [0.717, 1.165) is 25.0 Å². The molecule has 1 aliphatic carbocycles. The second-order valence-corrected chi connectivity index (χ2v) is 6.70. The molecule has 0 radical (unpaired) electrons. The van der Waals surface area contributed by atoms with Gasteiger partial charge in [0.2, 0.25) is 0 Å². The third kappa shape index (κ3) is 2.85. The maximum Gasteiger partial charge on any atom is 0.416 e. The van der Waals surface area contributed by atoms with Crippen molar-refractivity contribution in [3.05, 3.63) is 23.8 Å². The van der Waals surface area contributed by atoms with Gasteiger partial charge in [0, 0.05) is 0 Å². The molecule has 0 aliphatic heterocycles. The van der Waals surface area contributed by atoms with Gasteiger partial charge >= 0.3 is 6.18 Å². The zero-order valence-corrected chi connectivity index (χ0v) is 12.2. The van der Waals surface area contributed by atoms with Crippen molar-refractivity contribution in [2.45, 2.75) is 31.5 Å². The highest BCUT2D eigenvalue weighted by Gasteiger charge is 2.41. The first-order valence-electron chi connectivity index (χ1n) is 6.69. The molecule has 1 saturated carbocycles. The molecule has 21 heavy (non-hydrogen) atoms. The Morgan fingerprint density at radius 2 is 2.10 bits per heavy atom. The highest BCUT2D eigenvalue weighted by Crippen LogP contribution is 2.42. The Morgan fingerprint density at radius 3 is 2.67 bits per heavy atom. The van der Waals surface area contributed by atoms with Gasteiger partial charge in [-0.2, -0.15) is 13.2 Å². The molecule has 0 amide bonds. The van der Waals surface area contributed by atoms with Gasteiger partial charge in [0.15, 0.2) is 5.13 Å². The maximum absolute atomic E-state index is 12.7. The number of hydrogen-bond donors (Lipinski definition) is 2. The number of hydrogen-bond acceptors (Lipinski definition) is 4. The number of fused-ring (bicyclic) bond motifs is 1. The normalized spacial score (nSPS) is 18.7. The van der Waals surface area contributed by atoms with Crippen LogP contribution < -0.4 is 5.32 Å². The van der Waals surface area contributed by atoms with Gasteiger partial charge in [-0.15, -0.1) is 0 Å². The molecule has 7 heteroatoms. The van der Waals surface area contributed by atoms with Gasteiger partial charge in [-0.1, -0.05) is 11.3 Å². The number of nitrogens with zero attached hydrogens (tertiary/aromatic N) is 1. The number of rotatable bonds is 4. The summed E-state index contributed by atoms with van der Waals surface area (Å²) in [5.41, 5.74) is -0.826. The number of benzene rings is 1. The Bertz CT molecular complexity index is 666. The molecule has 0 bridgehead atoms. The molecule has 1 aromatic carbocycles. The fraction of sp³-hybridized carbons (Fsp3) is 0.500. The van der Waals surface area contributed by atoms with Crippen LogP contribution >= 0.6 is 11.3 Å². The summed E-state index contributed by atoms with van der Waals surface area (Å²) in [4.78, 5) is 4.23. The van der Waals surface area contributed by atoms with E-state index in [-0.39, 0.29) is 6.61 Å². The zero-order valence-electron chi connectivity index (χ0n) is 11.4. The van der Waals surface area contributed by atoms with Crippen molar-refractivity contribution < 1.29 is 18.3 Å². The molecule has 1 aliphatic rings. The van der Waals surface area contributed by atoms with E-state index < -0.39 is 17.3 Å². The van der Waals surface area contributed by atoms with Gasteiger partial charge in [-0.25, -0.2) is 4.98 Å². The van der Waals surface area contributed by atoms with Gasteiger partial charge in [-0.3, -0.25) is 0 Å². The van der Waals surface area contributed by atoms with Crippen molar-refractivity contribution in [2.24, 2.45) is 5.92 Å². The van der Waals surface area contributed by atoms with Crippen LogP contribution in [0.5, 0.6) is 0 Å². The smallest absolute Gasteiger partial charge is 0.394 e. The van der Waals surface area contributed by atoms with E-state index in [4.69, 9.17) is 0 Å². The summed E-state index contributed by atoms with van der Waals surface area (Å²) in [6.07, 6.45) is -2.26. The minimum Gasteiger partial charge on any atom is -0.394 e. The van der Waals surface area contributed by atoms with Crippen LogP contribution in [0.4, 0.5) is 18.3 Å². The van der Waals surface area contributed by atoms with E-state index in [1.165, 1.54) is 17.4 Å². The fourth-order valence-electron chi connectivity index (χ4n) is 2.39. The van der Waals surface area contributed by atoms with E-state index in [0.29, 0.717) is 21.3 Å². The van der Waals surface area contributed by atoms with Crippen LogP contribution in [0.3, 0.4) is 0 Å². The summed E-state index contributed by atoms with van der Waals surface area (Å²) < 4.78 is 38.8. The van der Waals surface area contributed by atoms with E-state index in [1.807, 2.05) is 6.92 Å². The Morgan fingerprint density at radius 1 is 1.38 bits per heavy atom. The number of anilines is 1. The minimum atomic E-state index is -4.36. The molecule has 1 unspecified atom stereocenters. The molecule has 3 rings (SSSR count). The van der Waals surface area contributed by atoms with Crippen LogP contribution in [-0.4, -0.2) is 22.2 Å². The van der Waals surface area contributed by atoms with E-state index >= 15 is 0 Å². The van der Waals surface area contributed by atoms with Crippen LogP contribution in [-0.2, 0) is 6.18 Å². The first-order valence-corrected chi connectivity index (χ1v) is 7.50. The number of aliphatic hydroxyl groups excluding tert-OH is 1. The standard InChI is InChI=1S/C14H15F3N2OS/c1-13(7-20,8-2-3-8)19-12-18-10-6-9(14(15,16)17)4-5-11(10)21-12/h4-6,8,20H,2-3,7H2,1H3,(H,18,19). The third-order valence-corrected chi connectivity index (χ3v) is 4.87. The summed E-state index contributed by atoms with van der Waals surface area (Å²) in [5, 5.41) is 13.3. The van der Waals surface area contributed by atoms with Crippen molar-refractivity contribution in [3.8, 4) is 0 Å². The lowest BCUT2D eigenvalue weighted by Crippen LogP contribution is -2.41. The summed E-state index contributed by atoms with van der Waals surface area (Å²) in [7, 11) is 0. The maximum atomic E-state index is 12.7. The van der Waals surface area contributed by atoms with Gasteiger partial charge < -0.3 is 10.4 Å². The lowest BCUT2D eigenvalue weighted by Gasteiger charge is -2.28. The van der Waals surface area contributed by atoms with Gasteiger partial charge in [0.1, 0.15) is 0 Å². The summed E-state index contributed by atoms with van der Waals surface area (Å²) >= 11 is 1.30. The first kappa shape index (κ1) is 14.6. The molecule has 0 spiro atoms. The Kier molecular flexibility index (Phi) is 3.37. The topological polar surface area (TPSA) is 45.1 Å². The predicted molar refractivity (Wildman–Crippen MR) is 76.5 cm³/mol. The quantitative estimate of drug-likeness (QED) is 0.899. The van der Waals surface area contributed by atoms with E-state index in [9.17, 15) is 18.3 Å². The Balaban J connectivity index is 1.90. The molecule has 2 N–H and O–H groups in total. The average Bonchev–Trinajstić information content (AvgIpc) is 3.18. The number of aromatic nitrogens is 1. The second kappa shape index (κ2) is 4.84. The lowest BCUT2D eigenvalue weighted by atomic mass is 9.97. The van der Waals surface area contributed by atoms with Crippen molar-refractivity contribution in [1.29, 1.82) is 0 Å². The van der Waals surface area contributed by atoms with Crippen molar-refractivity contribution in [2.75, 3.05) is 11.9 Å². The summed E-state index contributed by atoms with van der Waals surface area (Å²) in [6.45, 7) is 1.89. The average molecular weight is 316 g/mol. The van der Waals surface area contributed by atoms with Crippen LogP contribution in [0.15, 0.2) is 18.2 Å².